The molecular formula is C24H27ClN4O4. The quantitative estimate of drug-likeness (QED) is 0.598. The standard InChI is InChI=1S/C24H27ClN4O4/c25-17-5-6-19-20(13-17)27-23(32)21(9-12-28-10-7-18(30)8-11-28)29(24(19)33)14-15-1-3-16(4-2-15)22(26)31/h1-6,13,18,21,30H,7-12,14H2,(H2,26,31)(H,27,32)/t21-/m1/s1. The van der Waals surface area contributed by atoms with Crippen molar-refractivity contribution in [2.75, 3.05) is 25.0 Å². The molecule has 0 saturated carbocycles. The van der Waals surface area contributed by atoms with Gasteiger partial charge >= 0.3 is 0 Å². The van der Waals surface area contributed by atoms with Crippen LogP contribution in [0.25, 0.3) is 0 Å². The second-order valence-corrected chi connectivity index (χ2v) is 8.99. The lowest BCUT2D eigenvalue weighted by Gasteiger charge is -2.33. The van der Waals surface area contributed by atoms with E-state index >= 15 is 0 Å². The van der Waals surface area contributed by atoms with E-state index in [0.717, 1.165) is 18.7 Å². The van der Waals surface area contributed by atoms with Crippen molar-refractivity contribution < 1.29 is 19.5 Å². The van der Waals surface area contributed by atoms with Gasteiger partial charge in [0.25, 0.3) is 5.91 Å². The molecule has 33 heavy (non-hydrogen) atoms. The number of piperidine rings is 1. The van der Waals surface area contributed by atoms with Crippen LogP contribution in [-0.2, 0) is 11.3 Å². The number of rotatable bonds is 6. The van der Waals surface area contributed by atoms with E-state index < -0.39 is 11.9 Å². The lowest BCUT2D eigenvalue weighted by Crippen LogP contribution is -2.47. The Morgan fingerprint density at radius 1 is 1.12 bits per heavy atom. The summed E-state index contributed by atoms with van der Waals surface area (Å²) in [5, 5.41) is 13.1. The molecule has 4 N–H and O–H groups in total. The average Bonchev–Trinajstić information content (AvgIpc) is 2.88. The number of halogens is 1. The van der Waals surface area contributed by atoms with Crippen LogP contribution in [0.3, 0.4) is 0 Å². The number of fused-ring (bicyclic) bond motifs is 1. The number of aliphatic hydroxyl groups excluding tert-OH is 1. The number of hydrogen-bond acceptors (Lipinski definition) is 5. The molecule has 2 aliphatic heterocycles. The Bertz CT molecular complexity index is 1050. The molecule has 0 spiro atoms. The van der Waals surface area contributed by atoms with Crippen molar-refractivity contribution in [2.24, 2.45) is 5.73 Å². The molecule has 0 bridgehead atoms. The number of benzene rings is 2. The van der Waals surface area contributed by atoms with Crippen molar-refractivity contribution in [3.8, 4) is 0 Å². The minimum atomic E-state index is -0.689. The number of nitrogens with two attached hydrogens (primary N) is 1. The van der Waals surface area contributed by atoms with Crippen LogP contribution in [0, 0.1) is 0 Å². The van der Waals surface area contributed by atoms with Gasteiger partial charge in [-0.15, -0.1) is 0 Å². The number of primary amides is 1. The van der Waals surface area contributed by atoms with E-state index in [9.17, 15) is 19.5 Å². The van der Waals surface area contributed by atoms with Crippen molar-refractivity contribution in [3.05, 3.63) is 64.2 Å². The first kappa shape index (κ1) is 23.2. The normalized spacial score (nSPS) is 19.7. The van der Waals surface area contributed by atoms with Crippen LogP contribution < -0.4 is 11.1 Å². The zero-order valence-corrected chi connectivity index (χ0v) is 18.9. The SMILES string of the molecule is NC(=O)c1ccc(CN2C(=O)c3ccc(Cl)cc3NC(=O)[C@H]2CCN2CCC(O)CC2)cc1. The van der Waals surface area contributed by atoms with E-state index in [2.05, 4.69) is 10.2 Å². The maximum atomic E-state index is 13.5. The molecule has 1 saturated heterocycles. The summed E-state index contributed by atoms with van der Waals surface area (Å²) >= 11 is 6.10. The van der Waals surface area contributed by atoms with E-state index in [1.807, 2.05) is 0 Å². The largest absolute Gasteiger partial charge is 0.393 e. The van der Waals surface area contributed by atoms with Crippen LogP contribution in [-0.4, -0.2) is 64.4 Å². The fourth-order valence-electron chi connectivity index (χ4n) is 4.35. The summed E-state index contributed by atoms with van der Waals surface area (Å²) in [5.41, 5.74) is 7.27. The number of likely N-dealkylation sites (tertiary alicyclic amines) is 1. The van der Waals surface area contributed by atoms with Gasteiger partial charge in [-0.05, 0) is 55.2 Å². The third-order valence-corrected chi connectivity index (χ3v) is 6.51. The highest BCUT2D eigenvalue weighted by Crippen LogP contribution is 2.29. The van der Waals surface area contributed by atoms with Gasteiger partial charge in [0.05, 0.1) is 17.4 Å². The molecule has 0 aliphatic carbocycles. The third kappa shape index (κ3) is 5.35. The minimum absolute atomic E-state index is 0.205. The maximum Gasteiger partial charge on any atom is 0.256 e. The first-order chi connectivity index (χ1) is 15.8. The molecular weight excluding hydrogens is 444 g/mol. The molecule has 2 aliphatic rings. The molecule has 2 aromatic rings. The van der Waals surface area contributed by atoms with Crippen molar-refractivity contribution in [2.45, 2.75) is 38.0 Å². The number of carbonyl (C=O) groups excluding carboxylic acids is 3. The Hall–Kier alpha value is -2.94. The Kier molecular flexibility index (Phi) is 6.97. The summed E-state index contributed by atoms with van der Waals surface area (Å²) in [5.74, 6) is -1.06. The van der Waals surface area contributed by atoms with Crippen molar-refractivity contribution in [1.82, 2.24) is 9.80 Å². The minimum Gasteiger partial charge on any atom is -0.393 e. The molecule has 0 unspecified atom stereocenters. The van der Waals surface area contributed by atoms with Crippen LogP contribution in [0.2, 0.25) is 5.02 Å². The molecule has 4 rings (SSSR count). The lowest BCUT2D eigenvalue weighted by molar-refractivity contribution is -0.121. The fraction of sp³-hybridized carbons (Fsp3) is 0.375. The van der Waals surface area contributed by atoms with E-state index in [-0.39, 0.29) is 24.5 Å². The highest BCUT2D eigenvalue weighted by Gasteiger charge is 2.35. The Balaban J connectivity index is 1.60. The molecule has 2 aromatic carbocycles. The highest BCUT2D eigenvalue weighted by atomic mass is 35.5. The van der Waals surface area contributed by atoms with Crippen LogP contribution in [0.5, 0.6) is 0 Å². The van der Waals surface area contributed by atoms with Crippen LogP contribution in [0.1, 0.15) is 45.5 Å². The number of anilines is 1. The molecule has 1 atom stereocenters. The summed E-state index contributed by atoms with van der Waals surface area (Å²) in [7, 11) is 0. The Labute approximate surface area is 197 Å². The smallest absolute Gasteiger partial charge is 0.256 e. The zero-order valence-electron chi connectivity index (χ0n) is 18.2. The molecule has 0 radical (unpaired) electrons. The van der Waals surface area contributed by atoms with E-state index in [1.54, 1.807) is 47.4 Å². The number of carbonyl (C=O) groups is 3. The summed E-state index contributed by atoms with van der Waals surface area (Å²) in [6.45, 7) is 2.35. The fourth-order valence-corrected chi connectivity index (χ4v) is 4.52. The third-order valence-electron chi connectivity index (χ3n) is 6.28. The first-order valence-electron chi connectivity index (χ1n) is 11.0. The summed E-state index contributed by atoms with van der Waals surface area (Å²) in [4.78, 5) is 42.0. The number of hydrogen-bond donors (Lipinski definition) is 3. The summed E-state index contributed by atoms with van der Waals surface area (Å²) < 4.78 is 0. The molecule has 0 aromatic heterocycles. The molecule has 174 valence electrons. The van der Waals surface area contributed by atoms with E-state index in [4.69, 9.17) is 17.3 Å². The number of nitrogens with zero attached hydrogens (tertiary/aromatic N) is 2. The summed E-state index contributed by atoms with van der Waals surface area (Å²) in [6.07, 6.45) is 1.59. The van der Waals surface area contributed by atoms with Gasteiger partial charge in [-0.25, -0.2) is 0 Å². The second-order valence-electron chi connectivity index (χ2n) is 8.55. The van der Waals surface area contributed by atoms with Crippen LogP contribution in [0.15, 0.2) is 42.5 Å². The molecule has 8 nitrogen and oxygen atoms in total. The lowest BCUT2D eigenvalue weighted by atomic mass is 10.0. The monoisotopic (exact) mass is 470 g/mol. The van der Waals surface area contributed by atoms with Gasteiger partial charge in [0.1, 0.15) is 6.04 Å². The van der Waals surface area contributed by atoms with Gasteiger partial charge in [0.15, 0.2) is 0 Å². The number of nitrogens with one attached hydrogen (secondary N) is 1. The average molecular weight is 471 g/mol. The molecule has 3 amide bonds. The van der Waals surface area contributed by atoms with Crippen molar-refractivity contribution in [3.63, 3.8) is 0 Å². The molecule has 2 heterocycles. The Morgan fingerprint density at radius 2 is 1.82 bits per heavy atom. The zero-order chi connectivity index (χ0) is 23.5. The van der Waals surface area contributed by atoms with Gasteiger partial charge < -0.3 is 26.0 Å². The molecule has 9 heteroatoms. The predicted molar refractivity (Wildman–Crippen MR) is 125 cm³/mol. The Morgan fingerprint density at radius 3 is 2.48 bits per heavy atom. The first-order valence-corrected chi connectivity index (χ1v) is 11.4. The van der Waals surface area contributed by atoms with E-state index in [0.29, 0.717) is 47.6 Å². The predicted octanol–water partition coefficient (Wildman–Crippen LogP) is 2.25. The van der Waals surface area contributed by atoms with Crippen LogP contribution >= 0.6 is 11.6 Å². The topological polar surface area (TPSA) is 116 Å². The van der Waals surface area contributed by atoms with Gasteiger partial charge in [-0.1, -0.05) is 23.7 Å². The van der Waals surface area contributed by atoms with Crippen molar-refractivity contribution >= 4 is 35.0 Å². The van der Waals surface area contributed by atoms with E-state index in [1.165, 1.54) is 0 Å². The van der Waals surface area contributed by atoms with Gasteiger partial charge in [-0.2, -0.15) is 0 Å². The maximum absolute atomic E-state index is 13.5. The summed E-state index contributed by atoms with van der Waals surface area (Å²) in [6, 6.07) is 10.8. The van der Waals surface area contributed by atoms with Gasteiger partial charge in [0.2, 0.25) is 11.8 Å². The van der Waals surface area contributed by atoms with Gasteiger partial charge in [-0.3, -0.25) is 14.4 Å². The highest BCUT2D eigenvalue weighted by molar-refractivity contribution is 6.31. The molecule has 1 fully saturated rings. The van der Waals surface area contributed by atoms with Crippen molar-refractivity contribution in [1.29, 1.82) is 0 Å². The number of aliphatic hydroxyl groups is 1. The number of amides is 3. The van der Waals surface area contributed by atoms with Crippen LogP contribution in [0.4, 0.5) is 5.69 Å². The van der Waals surface area contributed by atoms with Gasteiger partial charge in [0, 0.05) is 36.8 Å². The second kappa shape index (κ2) is 9.91.